The van der Waals surface area contributed by atoms with Gasteiger partial charge in [0.25, 0.3) is 0 Å². The molecule has 0 atom stereocenters. The Morgan fingerprint density at radius 1 is 0.281 bits per heavy atom. The molecule has 0 bridgehead atoms. The van der Waals surface area contributed by atoms with E-state index < -0.39 is 0 Å². The van der Waals surface area contributed by atoms with Gasteiger partial charge in [0, 0.05) is 16.7 Å². The van der Waals surface area contributed by atoms with Crippen molar-refractivity contribution in [2.24, 2.45) is 0 Å². The molecule has 264 valence electrons. The lowest BCUT2D eigenvalue weighted by atomic mass is 9.70. The Kier molecular flexibility index (Phi) is 6.88. The maximum Gasteiger partial charge on any atom is 0.160 e. The minimum atomic E-state index is -0.373. The summed E-state index contributed by atoms with van der Waals surface area (Å²) in [5.41, 5.74) is 17.7. The van der Waals surface area contributed by atoms with Gasteiger partial charge in [-0.25, -0.2) is 9.97 Å². The number of rotatable bonds is 4. The molecule has 57 heavy (non-hydrogen) atoms. The first-order valence-corrected chi connectivity index (χ1v) is 19.7. The third-order valence-electron chi connectivity index (χ3n) is 12.3. The van der Waals surface area contributed by atoms with Crippen LogP contribution in [-0.2, 0) is 5.41 Å². The van der Waals surface area contributed by atoms with Crippen LogP contribution in [0.4, 0.5) is 0 Å². The first-order chi connectivity index (χ1) is 28.3. The number of fused-ring (bicyclic) bond motifs is 13. The molecule has 12 rings (SSSR count). The van der Waals surface area contributed by atoms with Gasteiger partial charge in [0.2, 0.25) is 0 Å². The number of aromatic nitrogens is 2. The first-order valence-electron chi connectivity index (χ1n) is 19.7. The van der Waals surface area contributed by atoms with E-state index in [1.807, 2.05) is 24.3 Å². The number of hydrogen-bond acceptors (Lipinski definition) is 2. The van der Waals surface area contributed by atoms with Crippen molar-refractivity contribution in [3.05, 3.63) is 229 Å². The van der Waals surface area contributed by atoms with E-state index in [0.717, 1.165) is 33.9 Å². The Hall–Kier alpha value is -7.42. The van der Waals surface area contributed by atoms with Crippen LogP contribution in [0.25, 0.3) is 88.8 Å². The van der Waals surface area contributed by atoms with Gasteiger partial charge < -0.3 is 0 Å². The minimum Gasteiger partial charge on any atom is -0.228 e. The summed E-state index contributed by atoms with van der Waals surface area (Å²) in [6.45, 7) is 0. The molecule has 1 spiro atoms. The zero-order valence-corrected chi connectivity index (χ0v) is 31.0. The van der Waals surface area contributed by atoms with E-state index >= 15 is 0 Å². The van der Waals surface area contributed by atoms with Gasteiger partial charge in [0.05, 0.1) is 16.8 Å². The van der Waals surface area contributed by atoms with Crippen LogP contribution in [0.2, 0.25) is 0 Å². The third-order valence-corrected chi connectivity index (χ3v) is 12.3. The molecule has 1 heterocycles. The zero-order chi connectivity index (χ0) is 37.5. The van der Waals surface area contributed by atoms with E-state index in [0.29, 0.717) is 0 Å². The fourth-order valence-electron chi connectivity index (χ4n) is 9.82. The molecule has 0 amide bonds. The lowest BCUT2D eigenvalue weighted by molar-refractivity contribution is 0.794. The summed E-state index contributed by atoms with van der Waals surface area (Å²) in [4.78, 5) is 10.3. The molecule has 0 saturated carbocycles. The molecule has 0 N–H and O–H groups in total. The van der Waals surface area contributed by atoms with Crippen LogP contribution in [0.15, 0.2) is 206 Å². The molecule has 0 saturated heterocycles. The number of nitrogens with zero attached hydrogens (tertiary/aromatic N) is 2. The molecule has 2 aliphatic rings. The van der Waals surface area contributed by atoms with Crippen molar-refractivity contribution in [3.8, 4) is 67.3 Å². The van der Waals surface area contributed by atoms with Crippen molar-refractivity contribution >= 4 is 21.5 Å². The van der Waals surface area contributed by atoms with E-state index in [2.05, 4.69) is 182 Å². The topological polar surface area (TPSA) is 25.8 Å². The quantitative estimate of drug-likeness (QED) is 0.169. The van der Waals surface area contributed by atoms with Gasteiger partial charge >= 0.3 is 0 Å². The second kappa shape index (κ2) is 12.3. The molecular weight excluding hydrogens is 689 g/mol. The normalized spacial score (nSPS) is 13.1. The van der Waals surface area contributed by atoms with Gasteiger partial charge in [-0.1, -0.05) is 188 Å². The molecule has 9 aromatic carbocycles. The predicted molar refractivity (Wildman–Crippen MR) is 235 cm³/mol. The summed E-state index contributed by atoms with van der Waals surface area (Å²) in [5, 5.41) is 4.81. The van der Waals surface area contributed by atoms with E-state index in [4.69, 9.17) is 9.97 Å². The fourth-order valence-corrected chi connectivity index (χ4v) is 9.82. The predicted octanol–water partition coefficient (Wildman–Crippen LogP) is 13.8. The van der Waals surface area contributed by atoms with Crippen LogP contribution in [0.5, 0.6) is 0 Å². The summed E-state index contributed by atoms with van der Waals surface area (Å²) in [7, 11) is 0. The number of hydrogen-bond donors (Lipinski definition) is 0. The molecule has 1 aromatic heterocycles. The van der Waals surface area contributed by atoms with Gasteiger partial charge in [-0.2, -0.15) is 0 Å². The highest BCUT2D eigenvalue weighted by Gasteiger charge is 2.51. The van der Waals surface area contributed by atoms with E-state index in [-0.39, 0.29) is 5.41 Å². The van der Waals surface area contributed by atoms with Crippen LogP contribution in [-0.4, -0.2) is 9.97 Å². The summed E-state index contributed by atoms with van der Waals surface area (Å²) in [6.07, 6.45) is 0. The molecule has 0 aliphatic heterocycles. The van der Waals surface area contributed by atoms with Crippen molar-refractivity contribution in [1.29, 1.82) is 0 Å². The van der Waals surface area contributed by atoms with Crippen molar-refractivity contribution in [2.45, 2.75) is 5.41 Å². The molecular formula is C55H34N2. The first kappa shape index (κ1) is 31.9. The van der Waals surface area contributed by atoms with Crippen LogP contribution in [0, 0.1) is 0 Å². The monoisotopic (exact) mass is 722 g/mol. The van der Waals surface area contributed by atoms with E-state index in [1.54, 1.807) is 0 Å². The molecule has 0 unspecified atom stereocenters. The Bertz CT molecular complexity index is 3110. The average molecular weight is 723 g/mol. The Morgan fingerprint density at radius 3 is 1.49 bits per heavy atom. The Morgan fingerprint density at radius 2 is 0.807 bits per heavy atom. The zero-order valence-electron chi connectivity index (χ0n) is 31.0. The summed E-state index contributed by atoms with van der Waals surface area (Å²) in [5.74, 6) is 0.719. The van der Waals surface area contributed by atoms with Gasteiger partial charge in [-0.05, 0) is 95.4 Å². The van der Waals surface area contributed by atoms with Gasteiger partial charge in [0.1, 0.15) is 0 Å². The molecule has 2 nitrogen and oxygen atoms in total. The molecule has 2 aliphatic carbocycles. The average Bonchev–Trinajstić information content (AvgIpc) is 3.76. The molecule has 0 radical (unpaired) electrons. The van der Waals surface area contributed by atoms with E-state index in [1.165, 1.54) is 77.2 Å². The van der Waals surface area contributed by atoms with Crippen molar-refractivity contribution in [3.63, 3.8) is 0 Å². The van der Waals surface area contributed by atoms with Crippen molar-refractivity contribution < 1.29 is 0 Å². The lowest BCUT2D eigenvalue weighted by Crippen LogP contribution is -2.25. The highest BCUT2D eigenvalue weighted by Crippen LogP contribution is 2.63. The van der Waals surface area contributed by atoms with Crippen molar-refractivity contribution in [2.75, 3.05) is 0 Å². The largest absolute Gasteiger partial charge is 0.228 e. The second-order valence-corrected chi connectivity index (χ2v) is 15.2. The van der Waals surface area contributed by atoms with Crippen molar-refractivity contribution in [1.82, 2.24) is 9.97 Å². The van der Waals surface area contributed by atoms with Gasteiger partial charge in [-0.3, -0.25) is 0 Å². The van der Waals surface area contributed by atoms with Gasteiger partial charge in [-0.15, -0.1) is 0 Å². The lowest BCUT2D eigenvalue weighted by Gasteiger charge is -2.30. The second-order valence-electron chi connectivity index (χ2n) is 15.2. The van der Waals surface area contributed by atoms with Crippen LogP contribution in [0.3, 0.4) is 0 Å². The summed E-state index contributed by atoms with van der Waals surface area (Å²) >= 11 is 0. The van der Waals surface area contributed by atoms with E-state index in [9.17, 15) is 0 Å². The van der Waals surface area contributed by atoms with Crippen LogP contribution >= 0.6 is 0 Å². The minimum absolute atomic E-state index is 0.373. The Balaban J connectivity index is 1.04. The van der Waals surface area contributed by atoms with Crippen LogP contribution in [0.1, 0.15) is 22.3 Å². The highest BCUT2D eigenvalue weighted by molar-refractivity contribution is 6.13. The highest BCUT2D eigenvalue weighted by atomic mass is 14.9. The SMILES string of the molecule is c1ccc(-c2cc(-c3cccc4c3ccc3ccc(-c5ccc6c(c5)C5(c7ccccc7-c7ccccc75)c5ccccc5-6)cc34)nc(-c3ccccc3)n2)cc1. The molecule has 2 heteroatoms. The maximum atomic E-state index is 5.20. The summed E-state index contributed by atoms with van der Waals surface area (Å²) < 4.78 is 0. The summed E-state index contributed by atoms with van der Waals surface area (Å²) in [6, 6.07) is 75.1. The standard InChI is InChI=1S/C55H34N2/c1-3-14-36(15-4-1)52-34-53(57-54(56-52)37-16-5-2-6-17-37)46-22-13-21-40-41(46)30-28-35-26-27-38(32-47(35)40)39-29-31-45-44-20-9-12-25-50(44)55(51(45)33-39)48-23-10-7-18-42(48)43-19-8-11-24-49(43)55/h1-34H. The smallest absolute Gasteiger partial charge is 0.160 e. The third kappa shape index (κ3) is 4.65. The maximum absolute atomic E-state index is 5.20. The number of benzene rings is 9. The fraction of sp³-hybridized carbons (Fsp3) is 0.0182. The van der Waals surface area contributed by atoms with Crippen LogP contribution < -0.4 is 0 Å². The Labute approximate surface area is 331 Å². The molecule has 0 fully saturated rings. The molecule has 10 aromatic rings. The van der Waals surface area contributed by atoms with Gasteiger partial charge in [0.15, 0.2) is 5.82 Å².